The summed E-state index contributed by atoms with van der Waals surface area (Å²) in [5, 5.41) is 0. The Bertz CT molecular complexity index is 1740. The van der Waals surface area contributed by atoms with Crippen LogP contribution in [0, 0.1) is 0 Å². The number of thiazole rings is 1. The van der Waals surface area contributed by atoms with Gasteiger partial charge in [-0.05, 0) is 38.5 Å². The third kappa shape index (κ3) is 5.22. The SMILES string of the molecule is CCOC(=O)C1=C(c2ccccc2)N=c2s/c(=C\c3cccc(OC)c3OC(C)C)c(=O)n2[C@H]1c1ccccc1. The summed E-state index contributed by atoms with van der Waals surface area (Å²) in [4.78, 5) is 33.0. The van der Waals surface area contributed by atoms with Gasteiger partial charge in [-0.25, -0.2) is 9.79 Å². The highest BCUT2D eigenvalue weighted by Crippen LogP contribution is 2.35. The molecule has 0 spiro atoms. The van der Waals surface area contributed by atoms with E-state index in [9.17, 15) is 9.59 Å². The fourth-order valence-corrected chi connectivity index (χ4v) is 5.69. The van der Waals surface area contributed by atoms with Crippen molar-refractivity contribution in [3.05, 3.63) is 121 Å². The van der Waals surface area contributed by atoms with Gasteiger partial charge in [0.2, 0.25) is 0 Å². The van der Waals surface area contributed by atoms with Crippen LogP contribution in [-0.2, 0) is 9.53 Å². The second kappa shape index (κ2) is 11.8. The molecule has 0 radical (unpaired) electrons. The first-order valence-electron chi connectivity index (χ1n) is 13.1. The second-order valence-corrected chi connectivity index (χ2v) is 10.4. The van der Waals surface area contributed by atoms with Gasteiger partial charge in [-0.1, -0.05) is 84.1 Å². The molecule has 0 amide bonds. The van der Waals surface area contributed by atoms with Crippen molar-refractivity contribution in [3.63, 3.8) is 0 Å². The number of rotatable bonds is 8. The number of carbonyl (C=O) groups excluding carboxylic acids is 1. The highest BCUT2D eigenvalue weighted by atomic mass is 32.1. The van der Waals surface area contributed by atoms with Crippen LogP contribution in [0.2, 0.25) is 0 Å². The van der Waals surface area contributed by atoms with Gasteiger partial charge in [0.25, 0.3) is 5.56 Å². The Morgan fingerprint density at radius 2 is 1.73 bits per heavy atom. The summed E-state index contributed by atoms with van der Waals surface area (Å²) in [5.74, 6) is 0.629. The van der Waals surface area contributed by atoms with Crippen molar-refractivity contribution < 1.29 is 19.0 Å². The summed E-state index contributed by atoms with van der Waals surface area (Å²) in [6.45, 7) is 5.83. The predicted octanol–water partition coefficient (Wildman–Crippen LogP) is 4.73. The van der Waals surface area contributed by atoms with Gasteiger partial charge in [0, 0.05) is 11.1 Å². The van der Waals surface area contributed by atoms with E-state index in [-0.39, 0.29) is 18.3 Å². The largest absolute Gasteiger partial charge is 0.493 e. The van der Waals surface area contributed by atoms with Crippen LogP contribution in [0.3, 0.4) is 0 Å². The summed E-state index contributed by atoms with van der Waals surface area (Å²) in [7, 11) is 1.59. The maximum absolute atomic E-state index is 14.1. The molecule has 0 saturated carbocycles. The number of para-hydroxylation sites is 1. The minimum Gasteiger partial charge on any atom is -0.493 e. The molecule has 204 valence electrons. The van der Waals surface area contributed by atoms with Crippen LogP contribution in [0.5, 0.6) is 11.5 Å². The van der Waals surface area contributed by atoms with Crippen molar-refractivity contribution in [2.75, 3.05) is 13.7 Å². The Morgan fingerprint density at radius 1 is 1.02 bits per heavy atom. The van der Waals surface area contributed by atoms with Crippen LogP contribution in [-0.4, -0.2) is 30.4 Å². The Morgan fingerprint density at radius 3 is 2.38 bits per heavy atom. The Labute approximate surface area is 236 Å². The Kier molecular flexibility index (Phi) is 7.98. The molecule has 5 rings (SSSR count). The van der Waals surface area contributed by atoms with Crippen molar-refractivity contribution in [2.24, 2.45) is 4.99 Å². The molecule has 7 nitrogen and oxygen atoms in total. The van der Waals surface area contributed by atoms with Crippen LogP contribution in [0.25, 0.3) is 11.8 Å². The van der Waals surface area contributed by atoms with Crippen LogP contribution >= 0.6 is 11.3 Å². The van der Waals surface area contributed by atoms with Gasteiger partial charge in [0.15, 0.2) is 16.3 Å². The molecule has 0 N–H and O–H groups in total. The molecule has 8 heteroatoms. The molecule has 0 aliphatic carbocycles. The molecule has 3 aromatic carbocycles. The zero-order chi connectivity index (χ0) is 28.2. The van der Waals surface area contributed by atoms with E-state index in [1.807, 2.05) is 92.7 Å². The van der Waals surface area contributed by atoms with E-state index >= 15 is 0 Å². The van der Waals surface area contributed by atoms with Crippen molar-refractivity contribution in [2.45, 2.75) is 32.9 Å². The number of esters is 1. The fraction of sp³-hybridized carbons (Fsp3) is 0.219. The maximum atomic E-state index is 14.1. The number of hydrogen-bond donors (Lipinski definition) is 0. The summed E-state index contributed by atoms with van der Waals surface area (Å²) < 4.78 is 19.2. The quantitative estimate of drug-likeness (QED) is 0.294. The van der Waals surface area contributed by atoms with Gasteiger partial charge in [0.1, 0.15) is 0 Å². The number of nitrogens with zero attached hydrogens (tertiary/aromatic N) is 2. The number of fused-ring (bicyclic) bond motifs is 1. The van der Waals surface area contributed by atoms with E-state index in [4.69, 9.17) is 19.2 Å². The van der Waals surface area contributed by atoms with Crippen molar-refractivity contribution in [3.8, 4) is 11.5 Å². The van der Waals surface area contributed by atoms with Crippen molar-refractivity contribution in [1.29, 1.82) is 0 Å². The molecule has 0 unspecified atom stereocenters. The van der Waals surface area contributed by atoms with E-state index in [1.165, 1.54) is 11.3 Å². The van der Waals surface area contributed by atoms with Crippen LogP contribution in [0.4, 0.5) is 0 Å². The second-order valence-electron chi connectivity index (χ2n) is 9.39. The smallest absolute Gasteiger partial charge is 0.338 e. The summed E-state index contributed by atoms with van der Waals surface area (Å²) in [5.41, 5.74) is 2.82. The number of aromatic nitrogens is 1. The minimum absolute atomic E-state index is 0.0942. The highest BCUT2D eigenvalue weighted by Gasteiger charge is 2.35. The third-order valence-electron chi connectivity index (χ3n) is 6.36. The van der Waals surface area contributed by atoms with Gasteiger partial charge in [-0.15, -0.1) is 0 Å². The van der Waals surface area contributed by atoms with E-state index in [2.05, 4.69) is 0 Å². The average Bonchev–Trinajstić information content (AvgIpc) is 3.28. The van der Waals surface area contributed by atoms with Crippen LogP contribution < -0.4 is 24.4 Å². The summed E-state index contributed by atoms with van der Waals surface area (Å²) in [6.07, 6.45) is 1.70. The van der Waals surface area contributed by atoms with E-state index in [0.29, 0.717) is 37.7 Å². The van der Waals surface area contributed by atoms with E-state index < -0.39 is 12.0 Å². The Hall–Kier alpha value is -4.43. The zero-order valence-corrected chi connectivity index (χ0v) is 23.6. The molecule has 1 aliphatic rings. The lowest BCUT2D eigenvalue weighted by Crippen LogP contribution is -2.40. The molecule has 2 heterocycles. The maximum Gasteiger partial charge on any atom is 0.338 e. The monoisotopic (exact) mass is 554 g/mol. The summed E-state index contributed by atoms with van der Waals surface area (Å²) in [6, 6.07) is 23.8. The average molecular weight is 555 g/mol. The van der Waals surface area contributed by atoms with Gasteiger partial charge >= 0.3 is 5.97 Å². The number of carbonyl (C=O) groups is 1. The van der Waals surface area contributed by atoms with Crippen molar-refractivity contribution in [1.82, 2.24) is 4.57 Å². The first-order valence-corrected chi connectivity index (χ1v) is 13.9. The molecule has 1 atom stereocenters. The lowest BCUT2D eigenvalue weighted by atomic mass is 9.93. The van der Waals surface area contributed by atoms with E-state index in [0.717, 1.165) is 11.1 Å². The third-order valence-corrected chi connectivity index (χ3v) is 7.34. The number of methoxy groups -OCH3 is 1. The molecule has 4 aromatic rings. The number of ether oxygens (including phenoxy) is 3. The normalized spacial score (nSPS) is 15.0. The molecular formula is C32H30N2O5S. The molecule has 1 aromatic heterocycles. The van der Waals surface area contributed by atoms with Crippen LogP contribution in [0.1, 0.15) is 43.5 Å². The topological polar surface area (TPSA) is 79.1 Å². The van der Waals surface area contributed by atoms with Gasteiger partial charge in [0.05, 0.1) is 41.7 Å². The minimum atomic E-state index is -0.717. The molecular weight excluding hydrogens is 524 g/mol. The molecule has 0 fully saturated rings. The molecule has 0 bridgehead atoms. The number of benzene rings is 3. The van der Waals surface area contributed by atoms with Gasteiger partial charge in [-0.2, -0.15) is 0 Å². The first-order chi connectivity index (χ1) is 19.4. The van der Waals surface area contributed by atoms with Crippen LogP contribution in [0.15, 0.2) is 94.2 Å². The molecule has 0 saturated heterocycles. The molecule has 1 aliphatic heterocycles. The fourth-order valence-electron chi connectivity index (χ4n) is 4.70. The van der Waals surface area contributed by atoms with Gasteiger partial charge in [-0.3, -0.25) is 9.36 Å². The van der Waals surface area contributed by atoms with E-state index in [1.54, 1.807) is 24.7 Å². The Balaban J connectivity index is 1.81. The standard InChI is InChI=1S/C32H30N2O5S/c1-5-38-31(36)26-27(21-13-8-6-9-14-21)33-32-34(28(26)22-15-10-7-11-16-22)30(35)25(40-32)19-23-17-12-18-24(37-4)29(23)39-20(2)3/h6-20,28H,5H2,1-4H3/b25-19-/t28-/m0/s1. The number of hydrogen-bond acceptors (Lipinski definition) is 7. The predicted molar refractivity (Wildman–Crippen MR) is 156 cm³/mol. The molecule has 40 heavy (non-hydrogen) atoms. The summed E-state index contributed by atoms with van der Waals surface area (Å²) >= 11 is 1.27. The zero-order valence-electron chi connectivity index (χ0n) is 22.8. The lowest BCUT2D eigenvalue weighted by molar-refractivity contribution is -0.138. The van der Waals surface area contributed by atoms with Crippen molar-refractivity contribution >= 4 is 29.1 Å². The highest BCUT2D eigenvalue weighted by molar-refractivity contribution is 7.07. The first kappa shape index (κ1) is 27.1. The van der Waals surface area contributed by atoms with Gasteiger partial charge < -0.3 is 14.2 Å². The lowest BCUT2D eigenvalue weighted by Gasteiger charge is -2.25.